The predicted molar refractivity (Wildman–Crippen MR) is 120 cm³/mol. The van der Waals surface area contributed by atoms with Gasteiger partial charge in [-0.25, -0.2) is 0 Å². The average molecular weight is 430 g/mol. The van der Waals surface area contributed by atoms with E-state index in [-0.39, 0.29) is 11.8 Å². The van der Waals surface area contributed by atoms with E-state index in [9.17, 15) is 9.59 Å². The van der Waals surface area contributed by atoms with Crippen molar-refractivity contribution >= 4 is 28.8 Å². The van der Waals surface area contributed by atoms with Gasteiger partial charge in [0.15, 0.2) is 0 Å². The number of aromatic nitrogens is 2. The molecule has 0 aliphatic carbocycles. The molecule has 0 radical (unpaired) electrons. The summed E-state index contributed by atoms with van der Waals surface area (Å²) >= 11 is 1.23. The smallest absolute Gasteiger partial charge is 0.286 e. The highest BCUT2D eigenvalue weighted by Gasteiger charge is 2.17. The van der Waals surface area contributed by atoms with Gasteiger partial charge in [-0.05, 0) is 51.8 Å². The SMILES string of the molecule is Cc1ccc(NC(=O)c2nnc(CCC(=O)NCCCN3CCCC[C@@H]3C)s2)cc1. The van der Waals surface area contributed by atoms with Gasteiger partial charge >= 0.3 is 0 Å². The Morgan fingerprint density at radius 3 is 2.77 bits per heavy atom. The van der Waals surface area contributed by atoms with Crippen LogP contribution in [-0.4, -0.2) is 52.6 Å². The molecule has 0 spiro atoms. The van der Waals surface area contributed by atoms with Crippen molar-refractivity contribution in [2.75, 3.05) is 25.0 Å². The van der Waals surface area contributed by atoms with Crippen molar-refractivity contribution in [2.45, 2.75) is 58.4 Å². The molecule has 1 aromatic heterocycles. The topological polar surface area (TPSA) is 87.2 Å². The summed E-state index contributed by atoms with van der Waals surface area (Å²) in [7, 11) is 0. The Morgan fingerprint density at radius 1 is 1.20 bits per heavy atom. The summed E-state index contributed by atoms with van der Waals surface area (Å²) in [4.78, 5) is 26.9. The van der Waals surface area contributed by atoms with Gasteiger partial charge in [-0.3, -0.25) is 9.59 Å². The Hall–Kier alpha value is -2.32. The van der Waals surface area contributed by atoms with Crippen molar-refractivity contribution in [2.24, 2.45) is 0 Å². The van der Waals surface area contributed by atoms with Gasteiger partial charge in [0.05, 0.1) is 0 Å². The van der Waals surface area contributed by atoms with Gasteiger partial charge in [-0.1, -0.05) is 35.5 Å². The molecule has 1 aliphatic rings. The molecule has 0 saturated carbocycles. The number of anilines is 1. The predicted octanol–water partition coefficient (Wildman–Crippen LogP) is 3.41. The quantitative estimate of drug-likeness (QED) is 0.597. The first kappa shape index (κ1) is 22.4. The average Bonchev–Trinajstić information content (AvgIpc) is 3.22. The van der Waals surface area contributed by atoms with Crippen LogP contribution in [0.4, 0.5) is 5.69 Å². The van der Waals surface area contributed by atoms with Crippen molar-refractivity contribution in [1.29, 1.82) is 0 Å². The number of likely N-dealkylation sites (tertiary alicyclic amines) is 1. The number of nitrogens with zero attached hydrogens (tertiary/aromatic N) is 3. The lowest BCUT2D eigenvalue weighted by Crippen LogP contribution is -2.39. The Balaban J connectivity index is 1.34. The van der Waals surface area contributed by atoms with E-state index in [1.807, 2.05) is 31.2 Å². The molecule has 30 heavy (non-hydrogen) atoms. The Morgan fingerprint density at radius 2 is 2.00 bits per heavy atom. The molecular formula is C22H31N5O2S. The number of aryl methyl sites for hydroxylation is 2. The molecule has 162 valence electrons. The first-order valence-corrected chi connectivity index (χ1v) is 11.5. The molecule has 2 amide bonds. The summed E-state index contributed by atoms with van der Waals surface area (Å²) in [5.74, 6) is -0.262. The van der Waals surface area contributed by atoms with Gasteiger partial charge in [0.1, 0.15) is 5.01 Å². The summed E-state index contributed by atoms with van der Waals surface area (Å²) in [6.07, 6.45) is 5.70. The van der Waals surface area contributed by atoms with Gasteiger partial charge in [0.2, 0.25) is 10.9 Å². The molecule has 7 nitrogen and oxygen atoms in total. The fourth-order valence-corrected chi connectivity index (χ4v) is 4.31. The maximum atomic E-state index is 12.3. The molecule has 2 aromatic rings. The second-order valence-corrected chi connectivity index (χ2v) is 8.97. The highest BCUT2D eigenvalue weighted by molar-refractivity contribution is 7.13. The van der Waals surface area contributed by atoms with Crippen LogP contribution in [0.15, 0.2) is 24.3 Å². The maximum Gasteiger partial charge on any atom is 0.286 e. The first-order valence-electron chi connectivity index (χ1n) is 10.7. The number of rotatable bonds is 9. The number of amides is 2. The van der Waals surface area contributed by atoms with Crippen LogP contribution < -0.4 is 10.6 Å². The fourth-order valence-electron chi connectivity index (χ4n) is 3.58. The molecular weight excluding hydrogens is 398 g/mol. The summed E-state index contributed by atoms with van der Waals surface area (Å²) in [6, 6.07) is 8.24. The fraction of sp³-hybridized carbons (Fsp3) is 0.545. The zero-order valence-corrected chi connectivity index (χ0v) is 18.6. The zero-order chi connectivity index (χ0) is 21.3. The minimum atomic E-state index is -0.279. The first-order chi connectivity index (χ1) is 14.5. The third-order valence-corrected chi connectivity index (χ3v) is 6.40. The maximum absolute atomic E-state index is 12.3. The van der Waals surface area contributed by atoms with Crippen LogP contribution in [0.1, 0.15) is 59.4 Å². The van der Waals surface area contributed by atoms with Crippen LogP contribution >= 0.6 is 11.3 Å². The lowest BCUT2D eigenvalue weighted by Gasteiger charge is -2.33. The zero-order valence-electron chi connectivity index (χ0n) is 17.8. The Bertz CT molecular complexity index is 836. The van der Waals surface area contributed by atoms with Crippen LogP contribution in [0.3, 0.4) is 0 Å². The molecule has 1 aliphatic heterocycles. The molecule has 0 bridgehead atoms. The standard InChI is InChI=1S/C22H31N5O2S/c1-16-7-9-18(10-8-16)24-21(29)22-26-25-20(30-22)12-11-19(28)23-13-5-15-27-14-4-3-6-17(27)2/h7-10,17H,3-6,11-15H2,1-2H3,(H,23,28)(H,24,29)/t17-/m0/s1. The highest BCUT2D eigenvalue weighted by atomic mass is 32.1. The molecule has 1 saturated heterocycles. The molecule has 1 atom stereocenters. The minimum absolute atomic E-state index is 0.0162. The summed E-state index contributed by atoms with van der Waals surface area (Å²) in [5, 5.41) is 14.8. The van der Waals surface area contributed by atoms with Crippen molar-refractivity contribution in [3.8, 4) is 0 Å². The molecule has 1 fully saturated rings. The van der Waals surface area contributed by atoms with Crippen molar-refractivity contribution in [3.05, 3.63) is 39.8 Å². The van der Waals surface area contributed by atoms with Crippen molar-refractivity contribution < 1.29 is 9.59 Å². The number of carbonyl (C=O) groups excluding carboxylic acids is 2. The van der Waals surface area contributed by atoms with E-state index in [1.54, 1.807) is 0 Å². The van der Waals surface area contributed by atoms with Crippen LogP contribution in [0, 0.1) is 6.92 Å². The van der Waals surface area contributed by atoms with E-state index in [1.165, 1.54) is 37.1 Å². The third kappa shape index (κ3) is 6.88. The lowest BCUT2D eigenvalue weighted by molar-refractivity contribution is -0.121. The van der Waals surface area contributed by atoms with Gasteiger partial charge in [-0.15, -0.1) is 10.2 Å². The molecule has 0 unspecified atom stereocenters. The van der Waals surface area contributed by atoms with Crippen molar-refractivity contribution in [1.82, 2.24) is 20.4 Å². The summed E-state index contributed by atoms with van der Waals surface area (Å²) in [5.41, 5.74) is 1.85. The van der Waals surface area contributed by atoms with E-state index in [4.69, 9.17) is 0 Å². The van der Waals surface area contributed by atoms with Gasteiger partial charge in [0, 0.05) is 37.7 Å². The van der Waals surface area contributed by atoms with Crippen LogP contribution in [0.2, 0.25) is 0 Å². The van der Waals surface area contributed by atoms with Crippen LogP contribution in [0.5, 0.6) is 0 Å². The number of carbonyl (C=O) groups is 2. The van der Waals surface area contributed by atoms with Gasteiger partial charge < -0.3 is 15.5 Å². The second-order valence-electron chi connectivity index (χ2n) is 7.91. The van der Waals surface area contributed by atoms with Crippen LogP contribution in [0.25, 0.3) is 0 Å². The van der Waals surface area contributed by atoms with E-state index >= 15 is 0 Å². The van der Waals surface area contributed by atoms with Crippen LogP contribution in [-0.2, 0) is 11.2 Å². The Labute approximate surface area is 182 Å². The second kappa shape index (κ2) is 11.2. The number of piperidine rings is 1. The largest absolute Gasteiger partial charge is 0.356 e. The molecule has 2 heterocycles. The Kier molecular flexibility index (Phi) is 8.33. The number of hydrogen-bond donors (Lipinski definition) is 2. The number of benzene rings is 1. The normalized spacial score (nSPS) is 16.9. The van der Waals surface area contributed by atoms with Gasteiger partial charge in [-0.2, -0.15) is 0 Å². The third-order valence-electron chi connectivity index (χ3n) is 5.42. The van der Waals surface area contributed by atoms with Crippen molar-refractivity contribution in [3.63, 3.8) is 0 Å². The van der Waals surface area contributed by atoms with E-state index in [2.05, 4.69) is 32.7 Å². The molecule has 8 heteroatoms. The van der Waals surface area contributed by atoms with E-state index < -0.39 is 0 Å². The number of hydrogen-bond acceptors (Lipinski definition) is 6. The van der Waals surface area contributed by atoms with Gasteiger partial charge in [0.25, 0.3) is 5.91 Å². The molecule has 2 N–H and O–H groups in total. The molecule has 3 rings (SSSR count). The van der Waals surface area contributed by atoms with E-state index in [0.29, 0.717) is 35.4 Å². The monoisotopic (exact) mass is 429 g/mol. The summed E-state index contributed by atoms with van der Waals surface area (Å²) in [6.45, 7) is 7.19. The highest BCUT2D eigenvalue weighted by Crippen LogP contribution is 2.17. The summed E-state index contributed by atoms with van der Waals surface area (Å²) < 4.78 is 0. The molecule has 1 aromatic carbocycles. The van der Waals surface area contributed by atoms with E-state index in [0.717, 1.165) is 24.2 Å². The number of nitrogens with one attached hydrogen (secondary N) is 2. The lowest BCUT2D eigenvalue weighted by atomic mass is 10.0. The minimum Gasteiger partial charge on any atom is -0.356 e.